The molecule has 4 aromatic rings. The van der Waals surface area contributed by atoms with E-state index in [9.17, 15) is 14.4 Å². The molecule has 48 heavy (non-hydrogen) atoms. The van der Waals surface area contributed by atoms with E-state index in [0.29, 0.717) is 47.2 Å². The molecule has 0 aliphatic carbocycles. The summed E-state index contributed by atoms with van der Waals surface area (Å²) in [4.78, 5) is 48.4. The molecule has 1 fully saturated rings. The Morgan fingerprint density at radius 2 is 1.85 bits per heavy atom. The highest BCUT2D eigenvalue weighted by molar-refractivity contribution is 6.35. The molecule has 1 aliphatic rings. The average Bonchev–Trinajstić information content (AvgIpc) is 3.46. The lowest BCUT2D eigenvalue weighted by atomic mass is 9.97. The summed E-state index contributed by atoms with van der Waals surface area (Å²) in [6.07, 6.45) is 3.95. The van der Waals surface area contributed by atoms with Crippen LogP contribution < -0.4 is 15.4 Å². The zero-order chi connectivity index (χ0) is 34.6. The number of anilines is 1. The summed E-state index contributed by atoms with van der Waals surface area (Å²) in [5.74, 6) is 0.219. The lowest BCUT2D eigenvalue weighted by Gasteiger charge is -2.29. The number of aromatic nitrogens is 2. The number of carbonyl (C=O) groups is 3. The minimum absolute atomic E-state index is 0.0242. The second-order valence-corrected chi connectivity index (χ2v) is 13.2. The Kier molecular flexibility index (Phi) is 10.3. The molecule has 2 aromatic carbocycles. The lowest BCUT2D eigenvalue weighted by Crippen LogP contribution is -2.43. The van der Waals surface area contributed by atoms with E-state index in [0.717, 1.165) is 33.4 Å². The van der Waals surface area contributed by atoms with Crippen molar-refractivity contribution >= 4 is 35.2 Å². The molecule has 0 radical (unpaired) electrons. The van der Waals surface area contributed by atoms with Crippen LogP contribution >= 0.6 is 11.6 Å². The van der Waals surface area contributed by atoms with Gasteiger partial charge in [0.2, 0.25) is 5.91 Å². The standard InChI is InChI=1S/C37H40ClN5O5/c1-22-10-14-30(40-19-22)35(45)42-29-9-7-8-27(23(29)2)28-16-17-39-34(33(28)38)24-11-12-25(31(18-24)47-6)20-43(36(46)48-37(3,4)5)21-26-13-15-32(44)41-26/h7-12,14,16-19,26H,13,15,20-21H2,1-6H3,(H,41,44)(H,42,45)/t26-/m0/s1. The number of halogens is 1. The second kappa shape index (κ2) is 14.4. The SMILES string of the molecule is COc1cc(-c2nccc(-c3cccc(NC(=O)c4ccc(C)cn4)c3C)c2Cl)ccc1CN(C[C@@H]1CCC(=O)N1)C(=O)OC(C)(C)C. The van der Waals surface area contributed by atoms with Gasteiger partial charge in [-0.1, -0.05) is 41.9 Å². The van der Waals surface area contributed by atoms with Crippen molar-refractivity contribution in [2.75, 3.05) is 19.0 Å². The van der Waals surface area contributed by atoms with Crippen molar-refractivity contribution in [3.63, 3.8) is 0 Å². The van der Waals surface area contributed by atoms with Gasteiger partial charge in [0.1, 0.15) is 17.0 Å². The second-order valence-electron chi connectivity index (χ2n) is 12.9. The summed E-state index contributed by atoms with van der Waals surface area (Å²) in [7, 11) is 1.57. The summed E-state index contributed by atoms with van der Waals surface area (Å²) in [6, 6.07) is 16.5. The van der Waals surface area contributed by atoms with Gasteiger partial charge in [0.05, 0.1) is 24.4 Å². The van der Waals surface area contributed by atoms with Gasteiger partial charge in [-0.3, -0.25) is 19.6 Å². The summed E-state index contributed by atoms with van der Waals surface area (Å²) in [5, 5.41) is 6.34. The van der Waals surface area contributed by atoms with E-state index in [1.807, 2.05) is 83.1 Å². The molecule has 1 aliphatic heterocycles. The number of pyridine rings is 2. The van der Waals surface area contributed by atoms with Crippen LogP contribution in [0, 0.1) is 13.8 Å². The number of hydrogen-bond donors (Lipinski definition) is 2. The summed E-state index contributed by atoms with van der Waals surface area (Å²) < 4.78 is 11.5. The number of hydrogen-bond acceptors (Lipinski definition) is 7. The van der Waals surface area contributed by atoms with Gasteiger partial charge in [0.25, 0.3) is 5.91 Å². The van der Waals surface area contributed by atoms with E-state index >= 15 is 0 Å². The Morgan fingerprint density at radius 1 is 1.06 bits per heavy atom. The van der Waals surface area contributed by atoms with Gasteiger partial charge in [-0.25, -0.2) is 4.79 Å². The van der Waals surface area contributed by atoms with Gasteiger partial charge in [-0.15, -0.1) is 0 Å². The monoisotopic (exact) mass is 669 g/mol. The third-order valence-electron chi connectivity index (χ3n) is 8.00. The van der Waals surface area contributed by atoms with Crippen molar-refractivity contribution in [2.24, 2.45) is 0 Å². The molecule has 0 spiro atoms. The maximum atomic E-state index is 13.2. The molecule has 11 heteroatoms. The van der Waals surface area contributed by atoms with E-state index in [4.69, 9.17) is 21.1 Å². The highest BCUT2D eigenvalue weighted by Crippen LogP contribution is 2.39. The van der Waals surface area contributed by atoms with Crippen LogP contribution in [-0.2, 0) is 16.1 Å². The zero-order valence-electron chi connectivity index (χ0n) is 28.0. The van der Waals surface area contributed by atoms with E-state index < -0.39 is 11.7 Å². The number of rotatable bonds is 9. The number of methoxy groups -OCH3 is 1. The van der Waals surface area contributed by atoms with Crippen LogP contribution in [-0.4, -0.2) is 58.1 Å². The fraction of sp³-hybridized carbons (Fsp3) is 0.324. The van der Waals surface area contributed by atoms with Crippen LogP contribution in [0.3, 0.4) is 0 Å². The van der Waals surface area contributed by atoms with E-state index in [2.05, 4.69) is 20.6 Å². The molecule has 2 N–H and O–H groups in total. The molecular weight excluding hydrogens is 630 g/mol. The smallest absolute Gasteiger partial charge is 0.410 e. The molecule has 3 amide bonds. The quantitative estimate of drug-likeness (QED) is 0.191. The Balaban J connectivity index is 1.42. The van der Waals surface area contributed by atoms with Crippen LogP contribution in [0.2, 0.25) is 5.02 Å². The van der Waals surface area contributed by atoms with Gasteiger partial charge in [0, 0.05) is 53.8 Å². The molecule has 5 rings (SSSR count). The zero-order valence-corrected chi connectivity index (χ0v) is 28.8. The van der Waals surface area contributed by atoms with Crippen molar-refractivity contribution in [3.8, 4) is 28.1 Å². The van der Waals surface area contributed by atoms with Crippen LogP contribution in [0.25, 0.3) is 22.4 Å². The first-order valence-corrected chi connectivity index (χ1v) is 16.1. The highest BCUT2D eigenvalue weighted by atomic mass is 35.5. The minimum Gasteiger partial charge on any atom is -0.496 e. The lowest BCUT2D eigenvalue weighted by molar-refractivity contribution is -0.119. The third-order valence-corrected chi connectivity index (χ3v) is 8.39. The fourth-order valence-corrected chi connectivity index (χ4v) is 5.87. The first-order valence-electron chi connectivity index (χ1n) is 15.8. The van der Waals surface area contributed by atoms with Gasteiger partial charge in [0.15, 0.2) is 0 Å². The largest absolute Gasteiger partial charge is 0.496 e. The molecule has 3 heterocycles. The number of nitrogens with one attached hydrogen (secondary N) is 2. The predicted octanol–water partition coefficient (Wildman–Crippen LogP) is 7.36. The molecule has 250 valence electrons. The Morgan fingerprint density at radius 3 is 2.52 bits per heavy atom. The van der Waals surface area contributed by atoms with Gasteiger partial charge >= 0.3 is 6.09 Å². The average molecular weight is 670 g/mol. The maximum Gasteiger partial charge on any atom is 0.410 e. The van der Waals surface area contributed by atoms with Crippen molar-refractivity contribution in [3.05, 3.63) is 94.4 Å². The molecule has 10 nitrogen and oxygen atoms in total. The first kappa shape index (κ1) is 34.4. The number of benzene rings is 2. The molecular formula is C37H40ClN5O5. The summed E-state index contributed by atoms with van der Waals surface area (Å²) in [5.41, 5.74) is 5.72. The third kappa shape index (κ3) is 8.12. The fourth-order valence-electron chi connectivity index (χ4n) is 5.54. The minimum atomic E-state index is -0.683. The predicted molar refractivity (Wildman–Crippen MR) is 186 cm³/mol. The molecule has 1 atom stereocenters. The number of carbonyl (C=O) groups excluding carboxylic acids is 3. The number of amides is 3. The van der Waals surface area contributed by atoms with Crippen molar-refractivity contribution in [1.29, 1.82) is 0 Å². The van der Waals surface area contributed by atoms with Gasteiger partial charge in [-0.2, -0.15) is 0 Å². The van der Waals surface area contributed by atoms with Crippen LogP contribution in [0.4, 0.5) is 10.5 Å². The normalized spacial score (nSPS) is 14.3. The Bertz CT molecular complexity index is 1840. The molecule has 1 saturated heterocycles. The molecule has 0 saturated carbocycles. The van der Waals surface area contributed by atoms with Crippen molar-refractivity contribution < 1.29 is 23.9 Å². The van der Waals surface area contributed by atoms with Crippen LogP contribution in [0.5, 0.6) is 5.75 Å². The van der Waals surface area contributed by atoms with E-state index in [-0.39, 0.29) is 24.4 Å². The van der Waals surface area contributed by atoms with Gasteiger partial charge in [-0.05, 0) is 82.0 Å². The first-order chi connectivity index (χ1) is 22.8. The van der Waals surface area contributed by atoms with Crippen LogP contribution in [0.15, 0.2) is 67.0 Å². The topological polar surface area (TPSA) is 123 Å². The summed E-state index contributed by atoms with van der Waals surface area (Å²) in [6.45, 7) is 9.81. The Hall–Kier alpha value is -4.96. The van der Waals surface area contributed by atoms with E-state index in [1.54, 1.807) is 30.5 Å². The highest BCUT2D eigenvalue weighted by Gasteiger charge is 2.29. The van der Waals surface area contributed by atoms with Crippen molar-refractivity contribution in [2.45, 2.75) is 65.6 Å². The van der Waals surface area contributed by atoms with E-state index in [1.165, 1.54) is 0 Å². The number of ether oxygens (including phenoxy) is 2. The van der Waals surface area contributed by atoms with Crippen LogP contribution in [0.1, 0.15) is 60.8 Å². The maximum absolute atomic E-state index is 13.2. The molecule has 2 aromatic heterocycles. The number of nitrogens with zero attached hydrogens (tertiary/aromatic N) is 3. The Labute approximate surface area is 285 Å². The summed E-state index contributed by atoms with van der Waals surface area (Å²) >= 11 is 7.04. The van der Waals surface area contributed by atoms with Gasteiger partial charge < -0.3 is 25.0 Å². The number of aryl methyl sites for hydroxylation is 1. The molecule has 0 bridgehead atoms. The van der Waals surface area contributed by atoms with Crippen molar-refractivity contribution in [1.82, 2.24) is 20.2 Å². The molecule has 0 unspecified atom stereocenters.